The fraction of sp³-hybridized carbons (Fsp3) is 0.381. The average Bonchev–Trinajstić information content (AvgIpc) is 3.11. The fourth-order valence-corrected chi connectivity index (χ4v) is 3.65. The second-order valence-electron chi connectivity index (χ2n) is 7.52. The van der Waals surface area contributed by atoms with Gasteiger partial charge in [-0.3, -0.25) is 9.20 Å². The van der Waals surface area contributed by atoms with E-state index in [2.05, 4.69) is 53.0 Å². The summed E-state index contributed by atoms with van der Waals surface area (Å²) in [6.07, 6.45) is 5.78. The van der Waals surface area contributed by atoms with Crippen molar-refractivity contribution in [1.29, 1.82) is 0 Å². The summed E-state index contributed by atoms with van der Waals surface area (Å²) in [6.45, 7) is 7.27. The fourth-order valence-electron chi connectivity index (χ4n) is 3.49. The molecule has 0 aliphatic carbocycles. The van der Waals surface area contributed by atoms with Gasteiger partial charge in [-0.1, -0.05) is 49.7 Å². The maximum Gasteiger partial charge on any atom is 0.235 e. The number of anilines is 1. The third-order valence-corrected chi connectivity index (χ3v) is 5.42. The number of hydrogen-bond acceptors (Lipinski definition) is 4. The van der Waals surface area contributed by atoms with E-state index in [4.69, 9.17) is 11.6 Å². The zero-order chi connectivity index (χ0) is 19.7. The van der Waals surface area contributed by atoms with Crippen molar-refractivity contribution in [2.45, 2.75) is 26.2 Å². The first-order valence-electron chi connectivity index (χ1n) is 9.61. The minimum absolute atomic E-state index is 0.181. The van der Waals surface area contributed by atoms with Gasteiger partial charge < -0.3 is 9.80 Å². The van der Waals surface area contributed by atoms with E-state index >= 15 is 0 Å². The molecular formula is C21H24ClN5O. The van der Waals surface area contributed by atoms with Crippen LogP contribution in [0.3, 0.4) is 0 Å². The number of carbonyl (C=O) groups is 1. The van der Waals surface area contributed by atoms with Gasteiger partial charge in [0.05, 0.1) is 23.8 Å². The van der Waals surface area contributed by atoms with Crippen LogP contribution in [-0.2, 0) is 11.2 Å². The van der Waals surface area contributed by atoms with Gasteiger partial charge in [0.25, 0.3) is 0 Å². The molecule has 0 unspecified atom stereocenters. The number of benzene rings is 1. The Labute approximate surface area is 169 Å². The number of nitrogens with zero attached hydrogens (tertiary/aromatic N) is 5. The number of imidazole rings is 1. The molecular weight excluding hydrogens is 374 g/mol. The Balaban J connectivity index is 1.35. The average molecular weight is 398 g/mol. The minimum Gasteiger partial charge on any atom is -0.352 e. The Hall–Kier alpha value is -2.60. The first kappa shape index (κ1) is 18.7. The molecule has 3 heterocycles. The summed E-state index contributed by atoms with van der Waals surface area (Å²) >= 11 is 5.99. The van der Waals surface area contributed by atoms with Crippen LogP contribution < -0.4 is 4.90 Å². The van der Waals surface area contributed by atoms with Gasteiger partial charge in [-0.25, -0.2) is 4.98 Å². The van der Waals surface area contributed by atoms with E-state index in [1.807, 2.05) is 15.5 Å². The van der Waals surface area contributed by atoms with Crippen LogP contribution in [0.4, 0.5) is 5.82 Å². The zero-order valence-electron chi connectivity index (χ0n) is 16.2. The highest BCUT2D eigenvalue weighted by atomic mass is 35.5. The van der Waals surface area contributed by atoms with Gasteiger partial charge in [0.2, 0.25) is 11.7 Å². The smallest absolute Gasteiger partial charge is 0.235 e. The SMILES string of the molecule is CC(C)c1ccc(CC(=O)N2CCN(c3cn4cc(Cl)cnc4n3)CC2)cc1. The van der Waals surface area contributed by atoms with E-state index in [9.17, 15) is 4.79 Å². The van der Waals surface area contributed by atoms with Gasteiger partial charge in [-0.15, -0.1) is 0 Å². The summed E-state index contributed by atoms with van der Waals surface area (Å²) in [6, 6.07) is 8.38. The highest BCUT2D eigenvalue weighted by molar-refractivity contribution is 6.30. The molecule has 0 atom stereocenters. The van der Waals surface area contributed by atoms with Crippen molar-refractivity contribution >= 4 is 29.1 Å². The topological polar surface area (TPSA) is 53.7 Å². The van der Waals surface area contributed by atoms with Gasteiger partial charge in [0.15, 0.2) is 0 Å². The van der Waals surface area contributed by atoms with Gasteiger partial charge in [-0.2, -0.15) is 4.98 Å². The first-order chi connectivity index (χ1) is 13.5. The second kappa shape index (κ2) is 7.80. The molecule has 3 aromatic rings. The Morgan fingerprint density at radius 2 is 1.82 bits per heavy atom. The van der Waals surface area contributed by atoms with E-state index in [-0.39, 0.29) is 5.91 Å². The lowest BCUT2D eigenvalue weighted by Crippen LogP contribution is -2.49. The lowest BCUT2D eigenvalue weighted by atomic mass is 10.0. The molecule has 28 heavy (non-hydrogen) atoms. The van der Waals surface area contributed by atoms with Gasteiger partial charge in [-0.05, 0) is 17.0 Å². The number of aromatic nitrogens is 3. The van der Waals surface area contributed by atoms with Crippen LogP contribution in [0.1, 0.15) is 30.9 Å². The molecule has 0 N–H and O–H groups in total. The maximum absolute atomic E-state index is 12.7. The Morgan fingerprint density at radius 1 is 1.11 bits per heavy atom. The van der Waals surface area contributed by atoms with Crippen LogP contribution in [0.2, 0.25) is 5.02 Å². The molecule has 2 aromatic heterocycles. The van der Waals surface area contributed by atoms with E-state index in [1.165, 1.54) is 5.56 Å². The molecule has 1 fully saturated rings. The lowest BCUT2D eigenvalue weighted by molar-refractivity contribution is -0.130. The third-order valence-electron chi connectivity index (χ3n) is 5.22. The summed E-state index contributed by atoms with van der Waals surface area (Å²) in [4.78, 5) is 25.6. The first-order valence-corrected chi connectivity index (χ1v) is 9.99. The van der Waals surface area contributed by atoms with Crippen molar-refractivity contribution in [2.24, 2.45) is 0 Å². The minimum atomic E-state index is 0.181. The highest BCUT2D eigenvalue weighted by Gasteiger charge is 2.23. The van der Waals surface area contributed by atoms with Gasteiger partial charge in [0, 0.05) is 32.4 Å². The van der Waals surface area contributed by atoms with E-state index in [0.29, 0.717) is 36.2 Å². The van der Waals surface area contributed by atoms with Gasteiger partial charge in [0.1, 0.15) is 5.82 Å². The standard InChI is InChI=1S/C21H24ClN5O/c1-15(2)17-5-3-16(4-6-17)11-20(28)26-9-7-25(8-10-26)19-14-27-13-18(22)12-23-21(27)24-19/h3-6,12-15H,7-11H2,1-2H3. The van der Waals surface area contributed by atoms with Crippen molar-refractivity contribution < 1.29 is 4.79 Å². The quantitative estimate of drug-likeness (QED) is 0.677. The van der Waals surface area contributed by atoms with E-state index in [0.717, 1.165) is 24.5 Å². The number of hydrogen-bond donors (Lipinski definition) is 0. The van der Waals surface area contributed by atoms with Crippen LogP contribution in [0, 0.1) is 0 Å². The Bertz CT molecular complexity index is 974. The molecule has 7 heteroatoms. The summed E-state index contributed by atoms with van der Waals surface area (Å²) in [5.74, 6) is 2.18. The molecule has 0 saturated carbocycles. The van der Waals surface area contributed by atoms with Crippen molar-refractivity contribution in [3.8, 4) is 0 Å². The van der Waals surface area contributed by atoms with Crippen molar-refractivity contribution in [2.75, 3.05) is 31.1 Å². The van der Waals surface area contributed by atoms with Crippen LogP contribution in [0.15, 0.2) is 42.9 Å². The normalized spacial score (nSPS) is 14.9. The van der Waals surface area contributed by atoms with E-state index in [1.54, 1.807) is 12.4 Å². The molecule has 1 aromatic carbocycles. The number of carbonyl (C=O) groups excluding carboxylic acids is 1. The van der Waals surface area contributed by atoms with Crippen molar-refractivity contribution in [1.82, 2.24) is 19.3 Å². The lowest BCUT2D eigenvalue weighted by Gasteiger charge is -2.34. The van der Waals surface area contributed by atoms with Crippen LogP contribution in [-0.4, -0.2) is 51.4 Å². The number of halogens is 1. The highest BCUT2D eigenvalue weighted by Crippen LogP contribution is 2.19. The molecule has 0 bridgehead atoms. The Morgan fingerprint density at radius 3 is 2.50 bits per heavy atom. The molecule has 4 rings (SSSR count). The predicted octanol–water partition coefficient (Wildman–Crippen LogP) is 3.40. The molecule has 0 spiro atoms. The number of amides is 1. The monoisotopic (exact) mass is 397 g/mol. The van der Waals surface area contributed by atoms with Crippen LogP contribution in [0.25, 0.3) is 5.78 Å². The number of rotatable bonds is 4. The van der Waals surface area contributed by atoms with Crippen molar-refractivity contribution in [3.63, 3.8) is 0 Å². The summed E-state index contributed by atoms with van der Waals surface area (Å²) in [7, 11) is 0. The van der Waals surface area contributed by atoms with Crippen LogP contribution >= 0.6 is 11.6 Å². The number of piperazine rings is 1. The van der Waals surface area contributed by atoms with Crippen LogP contribution in [0.5, 0.6) is 0 Å². The molecule has 1 amide bonds. The maximum atomic E-state index is 12.7. The number of fused-ring (bicyclic) bond motifs is 1. The molecule has 1 saturated heterocycles. The summed E-state index contributed by atoms with van der Waals surface area (Å²) in [5, 5.41) is 0.577. The molecule has 146 valence electrons. The zero-order valence-corrected chi connectivity index (χ0v) is 16.9. The molecule has 6 nitrogen and oxygen atoms in total. The molecule has 1 aliphatic heterocycles. The summed E-state index contributed by atoms with van der Waals surface area (Å²) in [5.41, 5.74) is 2.37. The Kier molecular flexibility index (Phi) is 5.22. The second-order valence-corrected chi connectivity index (χ2v) is 7.96. The molecule has 0 radical (unpaired) electrons. The van der Waals surface area contributed by atoms with Gasteiger partial charge >= 0.3 is 0 Å². The molecule has 1 aliphatic rings. The largest absolute Gasteiger partial charge is 0.352 e. The third kappa shape index (κ3) is 3.97. The van der Waals surface area contributed by atoms with Crippen molar-refractivity contribution in [3.05, 3.63) is 59.0 Å². The predicted molar refractivity (Wildman–Crippen MR) is 111 cm³/mol. The van der Waals surface area contributed by atoms with E-state index < -0.39 is 0 Å². The summed E-state index contributed by atoms with van der Waals surface area (Å²) < 4.78 is 1.83.